The van der Waals surface area contributed by atoms with Crippen LogP contribution in [0.2, 0.25) is 0 Å². The standard InChI is InChI=1S/C16H22N4O3/c1-12(21)19-14-11-17-7-5-13(14)16(23)18-8-6-15(22)20-9-3-2-4-10-20/h5,7,11H,2-4,6,8-10H2,1H3,(H,18,23)(H,19,21). The van der Waals surface area contributed by atoms with E-state index in [-0.39, 0.29) is 30.7 Å². The molecule has 0 aromatic carbocycles. The zero-order chi connectivity index (χ0) is 16.7. The third-order valence-electron chi connectivity index (χ3n) is 3.71. The fraction of sp³-hybridized carbons (Fsp3) is 0.500. The van der Waals surface area contributed by atoms with Crippen LogP contribution < -0.4 is 10.6 Å². The van der Waals surface area contributed by atoms with Crippen molar-refractivity contribution in [1.29, 1.82) is 0 Å². The van der Waals surface area contributed by atoms with Gasteiger partial charge in [0, 0.05) is 39.2 Å². The lowest BCUT2D eigenvalue weighted by Gasteiger charge is -2.26. The fourth-order valence-electron chi connectivity index (χ4n) is 2.56. The van der Waals surface area contributed by atoms with Gasteiger partial charge in [0.05, 0.1) is 17.4 Å². The van der Waals surface area contributed by atoms with Crippen LogP contribution in [0.3, 0.4) is 0 Å². The first kappa shape index (κ1) is 16.9. The number of anilines is 1. The summed E-state index contributed by atoms with van der Waals surface area (Å²) in [7, 11) is 0. The highest BCUT2D eigenvalue weighted by molar-refractivity contribution is 6.03. The number of carbonyl (C=O) groups is 3. The maximum Gasteiger partial charge on any atom is 0.253 e. The van der Waals surface area contributed by atoms with Crippen molar-refractivity contribution in [2.75, 3.05) is 25.0 Å². The van der Waals surface area contributed by atoms with E-state index in [4.69, 9.17) is 0 Å². The SMILES string of the molecule is CC(=O)Nc1cnccc1C(=O)NCCC(=O)N1CCCCC1. The Morgan fingerprint density at radius 1 is 1.22 bits per heavy atom. The van der Waals surface area contributed by atoms with Crippen molar-refractivity contribution >= 4 is 23.4 Å². The van der Waals surface area contributed by atoms with Crippen molar-refractivity contribution in [3.05, 3.63) is 24.0 Å². The number of rotatable bonds is 5. The number of carbonyl (C=O) groups excluding carboxylic acids is 3. The number of nitrogens with zero attached hydrogens (tertiary/aromatic N) is 2. The molecule has 1 aliphatic heterocycles. The Morgan fingerprint density at radius 3 is 2.65 bits per heavy atom. The molecule has 7 heteroatoms. The molecule has 1 aromatic rings. The van der Waals surface area contributed by atoms with Crippen molar-refractivity contribution in [3.8, 4) is 0 Å². The summed E-state index contributed by atoms with van der Waals surface area (Å²) in [4.78, 5) is 41.1. The predicted octanol–water partition coefficient (Wildman–Crippen LogP) is 1.17. The summed E-state index contributed by atoms with van der Waals surface area (Å²) < 4.78 is 0. The van der Waals surface area contributed by atoms with Crippen LogP contribution in [0.4, 0.5) is 5.69 Å². The van der Waals surface area contributed by atoms with Crippen molar-refractivity contribution in [3.63, 3.8) is 0 Å². The van der Waals surface area contributed by atoms with E-state index in [1.807, 2.05) is 4.90 Å². The van der Waals surface area contributed by atoms with E-state index >= 15 is 0 Å². The van der Waals surface area contributed by atoms with Gasteiger partial charge in [-0.15, -0.1) is 0 Å². The zero-order valence-corrected chi connectivity index (χ0v) is 13.3. The minimum atomic E-state index is -0.331. The molecule has 0 unspecified atom stereocenters. The minimum Gasteiger partial charge on any atom is -0.351 e. The van der Waals surface area contributed by atoms with Gasteiger partial charge in [-0.2, -0.15) is 0 Å². The van der Waals surface area contributed by atoms with E-state index < -0.39 is 0 Å². The summed E-state index contributed by atoms with van der Waals surface area (Å²) in [6, 6.07) is 1.53. The summed E-state index contributed by atoms with van der Waals surface area (Å²) >= 11 is 0. The molecule has 2 heterocycles. The second-order valence-corrected chi connectivity index (χ2v) is 5.55. The van der Waals surface area contributed by atoms with Crippen molar-refractivity contribution in [2.45, 2.75) is 32.6 Å². The number of hydrogen-bond donors (Lipinski definition) is 2. The number of pyridine rings is 1. The fourth-order valence-corrected chi connectivity index (χ4v) is 2.56. The number of amides is 3. The summed E-state index contributed by atoms with van der Waals surface area (Å²) in [5.41, 5.74) is 0.695. The van der Waals surface area contributed by atoms with Gasteiger partial charge in [-0.05, 0) is 25.3 Å². The molecule has 2 rings (SSSR count). The van der Waals surface area contributed by atoms with E-state index in [0.29, 0.717) is 11.3 Å². The molecule has 0 bridgehead atoms. The number of nitrogens with one attached hydrogen (secondary N) is 2. The summed E-state index contributed by atoms with van der Waals surface area (Å²) in [6.45, 7) is 3.26. The number of aromatic nitrogens is 1. The Kier molecular flexibility index (Phi) is 6.08. The van der Waals surface area contributed by atoms with Crippen molar-refractivity contribution in [1.82, 2.24) is 15.2 Å². The third kappa shape index (κ3) is 5.05. The molecular weight excluding hydrogens is 296 g/mol. The molecule has 1 aromatic heterocycles. The van der Waals surface area contributed by atoms with Crippen molar-refractivity contribution in [2.24, 2.45) is 0 Å². The lowest BCUT2D eigenvalue weighted by molar-refractivity contribution is -0.131. The predicted molar refractivity (Wildman–Crippen MR) is 85.9 cm³/mol. The van der Waals surface area contributed by atoms with E-state index in [1.165, 1.54) is 31.8 Å². The second-order valence-electron chi connectivity index (χ2n) is 5.55. The van der Waals surface area contributed by atoms with E-state index in [9.17, 15) is 14.4 Å². The van der Waals surface area contributed by atoms with E-state index in [2.05, 4.69) is 15.6 Å². The van der Waals surface area contributed by atoms with Crippen LogP contribution in [0.5, 0.6) is 0 Å². The van der Waals surface area contributed by atoms with Crippen LogP contribution in [0.25, 0.3) is 0 Å². The molecule has 1 aliphatic rings. The Labute approximate surface area is 135 Å². The Hall–Kier alpha value is -2.44. The Balaban J connectivity index is 1.85. The molecule has 0 aliphatic carbocycles. The summed E-state index contributed by atoms with van der Waals surface area (Å²) in [5.74, 6) is -0.531. The molecular formula is C16H22N4O3. The quantitative estimate of drug-likeness (QED) is 0.852. The highest BCUT2D eigenvalue weighted by atomic mass is 16.2. The molecule has 0 atom stereocenters. The van der Waals surface area contributed by atoms with Gasteiger partial charge in [0.1, 0.15) is 0 Å². The van der Waals surface area contributed by atoms with Gasteiger partial charge in [0.25, 0.3) is 5.91 Å². The van der Waals surface area contributed by atoms with Crippen LogP contribution in [0.1, 0.15) is 43.0 Å². The van der Waals surface area contributed by atoms with Crippen LogP contribution in [-0.2, 0) is 9.59 Å². The average molecular weight is 318 g/mol. The normalized spacial score (nSPS) is 14.2. The molecule has 3 amide bonds. The molecule has 7 nitrogen and oxygen atoms in total. The largest absolute Gasteiger partial charge is 0.351 e. The van der Waals surface area contributed by atoms with Gasteiger partial charge in [-0.1, -0.05) is 0 Å². The van der Waals surface area contributed by atoms with Gasteiger partial charge < -0.3 is 15.5 Å². The van der Waals surface area contributed by atoms with Crippen molar-refractivity contribution < 1.29 is 14.4 Å². The molecule has 0 spiro atoms. The number of likely N-dealkylation sites (tertiary alicyclic amines) is 1. The highest BCUT2D eigenvalue weighted by Crippen LogP contribution is 2.13. The number of piperidine rings is 1. The smallest absolute Gasteiger partial charge is 0.253 e. The Bertz CT molecular complexity index is 582. The van der Waals surface area contributed by atoms with Gasteiger partial charge in [0.15, 0.2) is 0 Å². The second kappa shape index (κ2) is 8.26. The maximum absolute atomic E-state index is 12.2. The molecule has 0 saturated carbocycles. The average Bonchev–Trinajstić information content (AvgIpc) is 2.55. The first-order valence-electron chi connectivity index (χ1n) is 7.85. The molecule has 1 saturated heterocycles. The van der Waals surface area contributed by atoms with Crippen LogP contribution in [-0.4, -0.2) is 47.2 Å². The maximum atomic E-state index is 12.2. The van der Waals surface area contributed by atoms with Gasteiger partial charge in [-0.25, -0.2) is 0 Å². The minimum absolute atomic E-state index is 0.0711. The van der Waals surface area contributed by atoms with Crippen LogP contribution >= 0.6 is 0 Å². The topological polar surface area (TPSA) is 91.4 Å². The van der Waals surface area contributed by atoms with Crippen LogP contribution in [0, 0.1) is 0 Å². The summed E-state index contributed by atoms with van der Waals surface area (Å²) in [5, 5.41) is 5.28. The zero-order valence-electron chi connectivity index (χ0n) is 13.3. The highest BCUT2D eigenvalue weighted by Gasteiger charge is 2.17. The van der Waals surface area contributed by atoms with Gasteiger partial charge in [0.2, 0.25) is 11.8 Å². The van der Waals surface area contributed by atoms with Gasteiger partial charge in [-0.3, -0.25) is 19.4 Å². The molecule has 1 fully saturated rings. The summed E-state index contributed by atoms with van der Waals surface area (Å²) in [6.07, 6.45) is 6.47. The van der Waals surface area contributed by atoms with Gasteiger partial charge >= 0.3 is 0 Å². The van der Waals surface area contributed by atoms with Crippen LogP contribution in [0.15, 0.2) is 18.5 Å². The van der Waals surface area contributed by atoms with E-state index in [0.717, 1.165) is 25.9 Å². The molecule has 23 heavy (non-hydrogen) atoms. The Morgan fingerprint density at radius 2 is 1.96 bits per heavy atom. The third-order valence-corrected chi connectivity index (χ3v) is 3.71. The first-order valence-corrected chi connectivity index (χ1v) is 7.85. The monoisotopic (exact) mass is 318 g/mol. The molecule has 0 radical (unpaired) electrons. The van der Waals surface area contributed by atoms with E-state index in [1.54, 1.807) is 0 Å². The molecule has 2 N–H and O–H groups in total. The lowest BCUT2D eigenvalue weighted by atomic mass is 10.1. The first-order chi connectivity index (χ1) is 11.1. The molecule has 124 valence electrons. The lowest BCUT2D eigenvalue weighted by Crippen LogP contribution is -2.37. The number of hydrogen-bond acceptors (Lipinski definition) is 4.